The number of benzene rings is 1. The van der Waals surface area contributed by atoms with Crippen LogP contribution in [-0.2, 0) is 11.3 Å². The lowest BCUT2D eigenvalue weighted by Crippen LogP contribution is -2.23. The van der Waals surface area contributed by atoms with Gasteiger partial charge in [-0.1, -0.05) is 18.2 Å². The molecule has 0 atom stereocenters. The summed E-state index contributed by atoms with van der Waals surface area (Å²) in [6.07, 6.45) is 3.52. The molecule has 1 heterocycles. The number of carbonyl (C=O) groups excluding carboxylic acids is 1. The Labute approximate surface area is 151 Å². The van der Waals surface area contributed by atoms with Gasteiger partial charge in [-0.05, 0) is 37.5 Å². The summed E-state index contributed by atoms with van der Waals surface area (Å²) in [4.78, 5) is 26.0. The number of hydrogen-bond donors (Lipinski definition) is 2. The van der Waals surface area contributed by atoms with Crippen LogP contribution in [0.1, 0.15) is 41.6 Å². The molecule has 138 valence electrons. The Morgan fingerprint density at radius 1 is 1.12 bits per heavy atom. The Morgan fingerprint density at radius 2 is 1.92 bits per heavy atom. The molecule has 2 rings (SSSR count). The van der Waals surface area contributed by atoms with Crippen molar-refractivity contribution >= 4 is 11.9 Å². The van der Waals surface area contributed by atoms with Gasteiger partial charge in [0.05, 0.1) is 12.2 Å². The van der Waals surface area contributed by atoms with E-state index in [2.05, 4.69) is 10.3 Å². The van der Waals surface area contributed by atoms with E-state index in [1.807, 2.05) is 24.3 Å². The lowest BCUT2D eigenvalue weighted by atomic mass is 10.2. The average molecular weight is 360 g/mol. The molecule has 1 amide bonds. The number of hydrogen-bond acceptors (Lipinski definition) is 4. The molecule has 1 aromatic heterocycles. The second-order valence-corrected chi connectivity index (χ2v) is 5.71. The maximum absolute atomic E-state index is 12.8. The zero-order valence-electron chi connectivity index (χ0n) is 14.3. The van der Waals surface area contributed by atoms with Gasteiger partial charge in [0.25, 0.3) is 5.91 Å². The molecule has 0 bridgehead atoms. The third-order valence-electron chi connectivity index (χ3n) is 3.69. The molecule has 0 fully saturated rings. The molecule has 0 radical (unpaired) electrons. The number of carboxylic acid groups (broad SMARTS) is 1. The number of ether oxygens (including phenoxy) is 1. The molecule has 0 aliphatic carbocycles. The van der Waals surface area contributed by atoms with Crippen LogP contribution in [0, 0.1) is 5.95 Å². The van der Waals surface area contributed by atoms with E-state index in [4.69, 9.17) is 9.84 Å². The number of nitrogens with one attached hydrogen (secondary N) is 1. The first-order valence-electron chi connectivity index (χ1n) is 8.38. The smallest absolute Gasteiger partial charge is 0.303 e. The minimum Gasteiger partial charge on any atom is -0.493 e. The maximum atomic E-state index is 12.8. The lowest BCUT2D eigenvalue weighted by molar-refractivity contribution is -0.137. The van der Waals surface area contributed by atoms with Crippen molar-refractivity contribution in [1.82, 2.24) is 10.3 Å². The number of carbonyl (C=O) groups is 2. The molecule has 0 aliphatic heterocycles. The van der Waals surface area contributed by atoms with Crippen LogP contribution in [0.2, 0.25) is 0 Å². The summed E-state index contributed by atoms with van der Waals surface area (Å²) in [6.45, 7) is 0.748. The van der Waals surface area contributed by atoms with Crippen molar-refractivity contribution in [3.05, 3.63) is 59.7 Å². The highest BCUT2D eigenvalue weighted by Gasteiger charge is 2.08. The standard InChI is InChI=1S/C19H21FN2O4/c20-17-10-9-15(13-21-17)19(25)22-12-14-6-3-4-7-16(14)26-11-5-1-2-8-18(23)24/h3-4,6-7,9-10,13H,1-2,5,8,11-12H2,(H,22,25)(H,23,24). The summed E-state index contributed by atoms with van der Waals surface area (Å²) in [6, 6.07) is 9.87. The zero-order valence-corrected chi connectivity index (χ0v) is 14.3. The van der Waals surface area contributed by atoms with Gasteiger partial charge in [-0.2, -0.15) is 4.39 Å². The van der Waals surface area contributed by atoms with Crippen LogP contribution >= 0.6 is 0 Å². The number of halogens is 1. The van der Waals surface area contributed by atoms with Crippen molar-refractivity contribution in [3.63, 3.8) is 0 Å². The van der Waals surface area contributed by atoms with Crippen LogP contribution in [0.5, 0.6) is 5.75 Å². The van der Waals surface area contributed by atoms with Gasteiger partial charge in [0.2, 0.25) is 5.95 Å². The molecule has 2 aromatic rings. The molecule has 0 spiro atoms. The molecule has 0 saturated carbocycles. The highest BCUT2D eigenvalue weighted by molar-refractivity contribution is 5.93. The molecule has 7 heteroatoms. The Bertz CT molecular complexity index is 735. The number of pyridine rings is 1. The van der Waals surface area contributed by atoms with Gasteiger partial charge in [-0.15, -0.1) is 0 Å². The van der Waals surface area contributed by atoms with Crippen LogP contribution in [0.15, 0.2) is 42.6 Å². The monoisotopic (exact) mass is 360 g/mol. The van der Waals surface area contributed by atoms with Crippen molar-refractivity contribution in [2.75, 3.05) is 6.61 Å². The Morgan fingerprint density at radius 3 is 2.65 bits per heavy atom. The number of aromatic nitrogens is 1. The van der Waals surface area contributed by atoms with E-state index in [-0.39, 0.29) is 24.4 Å². The largest absolute Gasteiger partial charge is 0.493 e. The van der Waals surface area contributed by atoms with E-state index in [1.165, 1.54) is 12.3 Å². The van der Waals surface area contributed by atoms with Crippen molar-refractivity contribution < 1.29 is 23.8 Å². The minimum absolute atomic E-state index is 0.168. The molecular formula is C19H21FN2O4. The molecule has 26 heavy (non-hydrogen) atoms. The van der Waals surface area contributed by atoms with Crippen LogP contribution in [0.4, 0.5) is 4.39 Å². The van der Waals surface area contributed by atoms with Crippen molar-refractivity contribution in [2.45, 2.75) is 32.2 Å². The normalized spacial score (nSPS) is 10.3. The van der Waals surface area contributed by atoms with Crippen LogP contribution in [0.25, 0.3) is 0 Å². The van der Waals surface area contributed by atoms with Crippen molar-refractivity contribution in [1.29, 1.82) is 0 Å². The first-order chi connectivity index (χ1) is 12.6. The number of para-hydroxylation sites is 1. The maximum Gasteiger partial charge on any atom is 0.303 e. The van der Waals surface area contributed by atoms with Crippen molar-refractivity contribution in [2.24, 2.45) is 0 Å². The van der Waals surface area contributed by atoms with Gasteiger partial charge < -0.3 is 15.2 Å². The highest BCUT2D eigenvalue weighted by atomic mass is 19.1. The summed E-state index contributed by atoms with van der Waals surface area (Å²) >= 11 is 0. The van der Waals surface area contributed by atoms with Gasteiger partial charge in [-0.3, -0.25) is 9.59 Å². The predicted molar refractivity (Wildman–Crippen MR) is 93.4 cm³/mol. The minimum atomic E-state index is -0.789. The highest BCUT2D eigenvalue weighted by Crippen LogP contribution is 2.18. The fourth-order valence-electron chi connectivity index (χ4n) is 2.32. The quantitative estimate of drug-likeness (QED) is 0.502. The van der Waals surface area contributed by atoms with Gasteiger partial charge in [0.1, 0.15) is 5.75 Å². The first-order valence-corrected chi connectivity index (χ1v) is 8.38. The van der Waals surface area contributed by atoms with Gasteiger partial charge >= 0.3 is 5.97 Å². The number of carboxylic acids is 1. The molecule has 1 aromatic carbocycles. The predicted octanol–water partition coefficient (Wildman–Crippen LogP) is 3.17. The second kappa shape index (κ2) is 10.1. The summed E-state index contributed by atoms with van der Waals surface area (Å²) in [5, 5.41) is 11.3. The Hall–Kier alpha value is -2.96. The number of amides is 1. The summed E-state index contributed by atoms with van der Waals surface area (Å²) in [5.41, 5.74) is 1.10. The van der Waals surface area contributed by atoms with E-state index < -0.39 is 11.9 Å². The van der Waals surface area contributed by atoms with E-state index in [0.717, 1.165) is 24.5 Å². The Balaban J connectivity index is 1.81. The number of aliphatic carboxylic acids is 1. The molecule has 6 nitrogen and oxygen atoms in total. The summed E-state index contributed by atoms with van der Waals surface area (Å²) in [7, 11) is 0. The fraction of sp³-hybridized carbons (Fsp3) is 0.316. The zero-order chi connectivity index (χ0) is 18.8. The van der Waals surface area contributed by atoms with E-state index in [0.29, 0.717) is 18.8 Å². The van der Waals surface area contributed by atoms with Crippen LogP contribution < -0.4 is 10.1 Å². The number of unbranched alkanes of at least 4 members (excludes halogenated alkanes) is 2. The molecule has 0 unspecified atom stereocenters. The van der Waals surface area contributed by atoms with E-state index >= 15 is 0 Å². The second-order valence-electron chi connectivity index (χ2n) is 5.71. The van der Waals surface area contributed by atoms with E-state index in [1.54, 1.807) is 0 Å². The summed E-state index contributed by atoms with van der Waals surface area (Å²) < 4.78 is 18.5. The van der Waals surface area contributed by atoms with Crippen molar-refractivity contribution in [3.8, 4) is 5.75 Å². The van der Waals surface area contributed by atoms with Gasteiger partial charge in [0.15, 0.2) is 0 Å². The van der Waals surface area contributed by atoms with Crippen LogP contribution in [-0.4, -0.2) is 28.6 Å². The van der Waals surface area contributed by atoms with Gasteiger partial charge in [0, 0.05) is 24.7 Å². The fourth-order valence-corrected chi connectivity index (χ4v) is 2.32. The van der Waals surface area contributed by atoms with E-state index in [9.17, 15) is 14.0 Å². The molecule has 0 aliphatic rings. The molecular weight excluding hydrogens is 339 g/mol. The SMILES string of the molecule is O=C(O)CCCCCOc1ccccc1CNC(=O)c1ccc(F)nc1. The third kappa shape index (κ3) is 6.51. The molecule has 2 N–H and O–H groups in total. The third-order valence-corrected chi connectivity index (χ3v) is 3.69. The molecule has 0 saturated heterocycles. The Kier molecular flexibility index (Phi) is 7.54. The topological polar surface area (TPSA) is 88.5 Å². The van der Waals surface area contributed by atoms with Crippen LogP contribution in [0.3, 0.4) is 0 Å². The lowest BCUT2D eigenvalue weighted by Gasteiger charge is -2.12. The average Bonchev–Trinajstić information content (AvgIpc) is 2.63. The first kappa shape index (κ1) is 19.4. The van der Waals surface area contributed by atoms with Gasteiger partial charge in [-0.25, -0.2) is 4.98 Å². The number of nitrogens with zero attached hydrogens (tertiary/aromatic N) is 1. The summed E-state index contributed by atoms with van der Waals surface area (Å²) in [5.74, 6) is -1.10. The number of rotatable bonds is 10.